The minimum Gasteiger partial charge on any atom is -0.397 e. The molecule has 0 radical (unpaired) electrons. The SMILES string of the molecule is Nc1cc(-c2ccccc2F)c(N)c(N)c1N. The maximum atomic E-state index is 13.7. The molecule has 5 heteroatoms. The molecule has 0 fully saturated rings. The van der Waals surface area contributed by atoms with Crippen LogP contribution in [0.15, 0.2) is 30.3 Å². The van der Waals surface area contributed by atoms with Gasteiger partial charge in [0, 0.05) is 11.1 Å². The third-order valence-corrected chi connectivity index (χ3v) is 2.65. The van der Waals surface area contributed by atoms with Crippen LogP contribution in [0.2, 0.25) is 0 Å². The van der Waals surface area contributed by atoms with E-state index in [9.17, 15) is 4.39 Å². The fraction of sp³-hybridized carbons (Fsp3) is 0. The molecule has 0 aromatic heterocycles. The predicted molar refractivity (Wildman–Crippen MR) is 69.5 cm³/mol. The number of benzene rings is 2. The van der Waals surface area contributed by atoms with Crippen molar-refractivity contribution in [3.8, 4) is 11.1 Å². The molecule has 17 heavy (non-hydrogen) atoms. The summed E-state index contributed by atoms with van der Waals surface area (Å²) in [5, 5.41) is 0. The van der Waals surface area contributed by atoms with Gasteiger partial charge in [-0.2, -0.15) is 0 Å². The van der Waals surface area contributed by atoms with Crippen LogP contribution in [0.1, 0.15) is 0 Å². The Morgan fingerprint density at radius 2 is 1.41 bits per heavy atom. The second kappa shape index (κ2) is 3.86. The lowest BCUT2D eigenvalue weighted by atomic mass is 10.0. The molecule has 0 saturated carbocycles. The van der Waals surface area contributed by atoms with Gasteiger partial charge in [0.15, 0.2) is 0 Å². The molecule has 0 heterocycles. The van der Waals surface area contributed by atoms with Gasteiger partial charge in [-0.05, 0) is 12.1 Å². The van der Waals surface area contributed by atoms with E-state index in [4.69, 9.17) is 22.9 Å². The summed E-state index contributed by atoms with van der Waals surface area (Å²) in [6.45, 7) is 0. The van der Waals surface area contributed by atoms with E-state index in [-0.39, 0.29) is 28.6 Å². The Morgan fingerprint density at radius 1 is 0.765 bits per heavy atom. The molecule has 0 saturated heterocycles. The van der Waals surface area contributed by atoms with E-state index in [0.29, 0.717) is 11.1 Å². The summed E-state index contributed by atoms with van der Waals surface area (Å²) < 4.78 is 13.7. The second-order valence-corrected chi connectivity index (χ2v) is 3.73. The van der Waals surface area contributed by atoms with Crippen LogP contribution in [0.25, 0.3) is 11.1 Å². The Hall–Kier alpha value is -2.43. The fourth-order valence-corrected chi connectivity index (χ4v) is 1.66. The summed E-state index contributed by atoms with van der Waals surface area (Å²) in [6, 6.07) is 7.78. The minimum absolute atomic E-state index is 0.184. The van der Waals surface area contributed by atoms with E-state index < -0.39 is 0 Å². The predicted octanol–water partition coefficient (Wildman–Crippen LogP) is 1.82. The highest BCUT2D eigenvalue weighted by atomic mass is 19.1. The van der Waals surface area contributed by atoms with E-state index in [0.717, 1.165) is 0 Å². The molecule has 8 N–H and O–H groups in total. The summed E-state index contributed by atoms with van der Waals surface area (Å²) >= 11 is 0. The van der Waals surface area contributed by atoms with Crippen LogP contribution < -0.4 is 22.9 Å². The first kappa shape index (κ1) is 11.1. The molecule has 0 bridgehead atoms. The second-order valence-electron chi connectivity index (χ2n) is 3.73. The van der Waals surface area contributed by atoms with Gasteiger partial charge in [0.1, 0.15) is 5.82 Å². The van der Waals surface area contributed by atoms with E-state index in [1.165, 1.54) is 12.1 Å². The van der Waals surface area contributed by atoms with Crippen LogP contribution in [0.4, 0.5) is 27.1 Å². The maximum Gasteiger partial charge on any atom is 0.131 e. The van der Waals surface area contributed by atoms with Gasteiger partial charge in [0.25, 0.3) is 0 Å². The summed E-state index contributed by atoms with van der Waals surface area (Å²) in [5.41, 5.74) is 24.6. The number of rotatable bonds is 1. The first-order valence-corrected chi connectivity index (χ1v) is 5.00. The Bertz CT molecular complexity index is 581. The molecule has 0 atom stereocenters. The van der Waals surface area contributed by atoms with Crippen LogP contribution in [0, 0.1) is 5.82 Å². The fourth-order valence-electron chi connectivity index (χ4n) is 1.66. The number of hydrogen-bond donors (Lipinski definition) is 4. The summed E-state index contributed by atoms with van der Waals surface area (Å²) in [7, 11) is 0. The number of halogens is 1. The van der Waals surface area contributed by atoms with Gasteiger partial charge in [-0.3, -0.25) is 0 Å². The standard InChI is InChI=1S/C12H13FN4/c13-8-4-2-1-3-6(8)7-5-9(14)11(16)12(17)10(7)15/h1-5H,14-17H2. The van der Waals surface area contributed by atoms with Gasteiger partial charge in [-0.15, -0.1) is 0 Å². The quantitative estimate of drug-likeness (QED) is 0.563. The zero-order valence-electron chi connectivity index (χ0n) is 9.07. The maximum absolute atomic E-state index is 13.7. The van der Waals surface area contributed by atoms with Crippen LogP contribution >= 0.6 is 0 Å². The molecular weight excluding hydrogens is 219 g/mol. The molecule has 0 unspecified atom stereocenters. The molecule has 2 aromatic rings. The average molecular weight is 232 g/mol. The lowest BCUT2D eigenvalue weighted by molar-refractivity contribution is 0.631. The molecule has 0 aliphatic rings. The molecule has 0 spiro atoms. The Kier molecular flexibility index (Phi) is 2.51. The molecule has 2 rings (SSSR count). The van der Waals surface area contributed by atoms with E-state index in [1.54, 1.807) is 18.2 Å². The average Bonchev–Trinajstić information content (AvgIpc) is 2.32. The topological polar surface area (TPSA) is 104 Å². The summed E-state index contributed by atoms with van der Waals surface area (Å²) in [5.74, 6) is -0.386. The van der Waals surface area contributed by atoms with Gasteiger partial charge < -0.3 is 22.9 Å². The number of hydrogen-bond acceptors (Lipinski definition) is 4. The Balaban J connectivity index is 2.73. The van der Waals surface area contributed by atoms with Crippen LogP contribution in [0.5, 0.6) is 0 Å². The van der Waals surface area contributed by atoms with Gasteiger partial charge >= 0.3 is 0 Å². The van der Waals surface area contributed by atoms with Gasteiger partial charge in [-0.1, -0.05) is 18.2 Å². The summed E-state index contributed by atoms with van der Waals surface area (Å²) in [4.78, 5) is 0. The van der Waals surface area contributed by atoms with E-state index in [1.807, 2.05) is 0 Å². The smallest absolute Gasteiger partial charge is 0.131 e. The van der Waals surface area contributed by atoms with Crippen molar-refractivity contribution in [3.63, 3.8) is 0 Å². The van der Waals surface area contributed by atoms with Crippen LogP contribution in [-0.4, -0.2) is 0 Å². The van der Waals surface area contributed by atoms with Crippen molar-refractivity contribution in [2.75, 3.05) is 22.9 Å². The highest BCUT2D eigenvalue weighted by Crippen LogP contribution is 2.38. The van der Waals surface area contributed by atoms with Crippen LogP contribution in [0.3, 0.4) is 0 Å². The first-order chi connectivity index (χ1) is 8.02. The third-order valence-electron chi connectivity index (χ3n) is 2.65. The van der Waals surface area contributed by atoms with E-state index in [2.05, 4.69) is 0 Å². The Morgan fingerprint density at radius 3 is 2.06 bits per heavy atom. The molecule has 4 nitrogen and oxygen atoms in total. The van der Waals surface area contributed by atoms with Gasteiger partial charge in [0.05, 0.1) is 22.7 Å². The zero-order valence-corrected chi connectivity index (χ0v) is 9.07. The lowest BCUT2D eigenvalue weighted by Crippen LogP contribution is -2.05. The van der Waals surface area contributed by atoms with Gasteiger partial charge in [0.2, 0.25) is 0 Å². The largest absolute Gasteiger partial charge is 0.397 e. The van der Waals surface area contributed by atoms with Crippen molar-refractivity contribution in [1.82, 2.24) is 0 Å². The molecule has 0 aliphatic heterocycles. The molecule has 2 aromatic carbocycles. The lowest BCUT2D eigenvalue weighted by Gasteiger charge is -2.13. The van der Waals surface area contributed by atoms with Crippen molar-refractivity contribution < 1.29 is 4.39 Å². The van der Waals surface area contributed by atoms with Crippen molar-refractivity contribution in [3.05, 3.63) is 36.1 Å². The van der Waals surface area contributed by atoms with Crippen LogP contribution in [-0.2, 0) is 0 Å². The van der Waals surface area contributed by atoms with Crippen molar-refractivity contribution in [2.45, 2.75) is 0 Å². The monoisotopic (exact) mass is 232 g/mol. The highest BCUT2D eigenvalue weighted by molar-refractivity contribution is 5.96. The molecule has 0 amide bonds. The van der Waals surface area contributed by atoms with Gasteiger partial charge in [-0.25, -0.2) is 4.39 Å². The van der Waals surface area contributed by atoms with Crippen molar-refractivity contribution in [1.29, 1.82) is 0 Å². The number of nitrogen functional groups attached to an aromatic ring is 4. The van der Waals surface area contributed by atoms with E-state index >= 15 is 0 Å². The number of anilines is 4. The zero-order chi connectivity index (χ0) is 12.6. The van der Waals surface area contributed by atoms with Crippen molar-refractivity contribution >= 4 is 22.7 Å². The van der Waals surface area contributed by atoms with Crippen molar-refractivity contribution in [2.24, 2.45) is 0 Å². The molecule has 0 aliphatic carbocycles. The first-order valence-electron chi connectivity index (χ1n) is 5.00. The normalized spacial score (nSPS) is 10.4. The summed E-state index contributed by atoms with van der Waals surface area (Å²) in [6.07, 6.45) is 0. The highest BCUT2D eigenvalue weighted by Gasteiger charge is 2.13. The minimum atomic E-state index is -0.386. The number of nitrogens with two attached hydrogens (primary N) is 4. The molecule has 88 valence electrons. The Labute approximate surface area is 98.0 Å². The third kappa shape index (κ3) is 1.71. The molecular formula is C12H13FN4.